The van der Waals surface area contributed by atoms with Crippen LogP contribution in [0.15, 0.2) is 0 Å². The zero-order valence-corrected chi connectivity index (χ0v) is 23.8. The van der Waals surface area contributed by atoms with Crippen LogP contribution < -0.4 is 0 Å². The van der Waals surface area contributed by atoms with Crippen molar-refractivity contribution in [2.75, 3.05) is 0 Å². The fraction of sp³-hybridized carbons (Fsp3) is 0.958. The van der Waals surface area contributed by atoms with Crippen molar-refractivity contribution in [3.63, 3.8) is 0 Å². The summed E-state index contributed by atoms with van der Waals surface area (Å²) in [6, 6.07) is 0. The topological polar surface area (TPSA) is 35.5 Å². The molecule has 0 aliphatic heterocycles. The highest BCUT2D eigenvalue weighted by atomic mass is 28.4. The van der Waals surface area contributed by atoms with Crippen molar-refractivity contribution < 1.29 is 13.6 Å². The third kappa shape index (κ3) is 10.7. The van der Waals surface area contributed by atoms with E-state index in [0.717, 1.165) is 31.5 Å². The maximum atomic E-state index is 11.3. The SMILES string of the molecule is CC(C)CCC[C@H](CC[C@@H](CC=O)O[Si](C)(C)C(C)(C)C)O[Si](C)(C)C(C)(C)C. The molecule has 0 saturated heterocycles. The molecule has 0 aromatic heterocycles. The van der Waals surface area contributed by atoms with Crippen LogP contribution in [0.25, 0.3) is 0 Å². The van der Waals surface area contributed by atoms with Crippen LogP contribution >= 0.6 is 0 Å². The van der Waals surface area contributed by atoms with E-state index in [1.54, 1.807) is 0 Å². The smallest absolute Gasteiger partial charge is 0.192 e. The number of hydrogen-bond donors (Lipinski definition) is 0. The first-order valence-corrected chi connectivity index (χ1v) is 17.5. The van der Waals surface area contributed by atoms with Gasteiger partial charge in [0.15, 0.2) is 16.6 Å². The molecule has 0 aromatic carbocycles. The second-order valence-corrected chi connectivity index (χ2v) is 21.8. The summed E-state index contributed by atoms with van der Waals surface area (Å²) in [6.07, 6.45) is 7.26. The van der Waals surface area contributed by atoms with E-state index in [2.05, 4.69) is 81.6 Å². The summed E-state index contributed by atoms with van der Waals surface area (Å²) in [4.78, 5) is 11.3. The molecule has 0 radical (unpaired) electrons. The minimum absolute atomic E-state index is 0.0176. The molecule has 29 heavy (non-hydrogen) atoms. The summed E-state index contributed by atoms with van der Waals surface area (Å²) in [5, 5.41) is 0.367. The average Bonchev–Trinajstić information content (AvgIpc) is 2.49. The van der Waals surface area contributed by atoms with Crippen LogP contribution in [-0.4, -0.2) is 35.1 Å². The highest BCUT2D eigenvalue weighted by Crippen LogP contribution is 2.40. The van der Waals surface area contributed by atoms with Gasteiger partial charge in [0.05, 0.1) is 6.10 Å². The average molecular weight is 445 g/mol. The molecule has 0 N–H and O–H groups in total. The van der Waals surface area contributed by atoms with Gasteiger partial charge < -0.3 is 13.6 Å². The van der Waals surface area contributed by atoms with E-state index in [0.29, 0.717) is 6.42 Å². The Bertz CT molecular complexity index is 473. The molecule has 0 unspecified atom stereocenters. The number of carbonyl (C=O) groups is 1. The predicted octanol–water partition coefficient (Wildman–Crippen LogP) is 7.96. The molecule has 2 atom stereocenters. The largest absolute Gasteiger partial charge is 0.414 e. The van der Waals surface area contributed by atoms with Crippen LogP contribution in [0, 0.1) is 5.92 Å². The van der Waals surface area contributed by atoms with Gasteiger partial charge in [0.25, 0.3) is 0 Å². The monoisotopic (exact) mass is 444 g/mol. The molecule has 0 rings (SSSR count). The zero-order chi connectivity index (χ0) is 23.1. The van der Waals surface area contributed by atoms with E-state index in [1.165, 1.54) is 12.8 Å². The first-order valence-electron chi connectivity index (χ1n) is 11.7. The molecule has 0 fully saturated rings. The predicted molar refractivity (Wildman–Crippen MR) is 133 cm³/mol. The Balaban J connectivity index is 5.19. The molecule has 0 spiro atoms. The number of carbonyl (C=O) groups excluding carboxylic acids is 1. The Morgan fingerprint density at radius 3 is 1.52 bits per heavy atom. The molecule has 0 aromatic rings. The summed E-state index contributed by atoms with van der Waals surface area (Å²) in [5.74, 6) is 0.730. The Hall–Kier alpha value is 0.0238. The minimum atomic E-state index is -1.89. The van der Waals surface area contributed by atoms with Gasteiger partial charge in [0.2, 0.25) is 0 Å². The first-order chi connectivity index (χ1) is 12.9. The van der Waals surface area contributed by atoms with E-state index >= 15 is 0 Å². The van der Waals surface area contributed by atoms with Gasteiger partial charge in [0.1, 0.15) is 6.29 Å². The normalized spacial score (nSPS) is 16.2. The Morgan fingerprint density at radius 2 is 1.14 bits per heavy atom. The molecule has 5 heteroatoms. The third-order valence-corrected chi connectivity index (χ3v) is 16.1. The molecule has 0 aliphatic rings. The summed E-state index contributed by atoms with van der Waals surface area (Å²) in [6.45, 7) is 27.5. The van der Waals surface area contributed by atoms with E-state index in [-0.39, 0.29) is 22.3 Å². The van der Waals surface area contributed by atoms with Crippen molar-refractivity contribution in [1.82, 2.24) is 0 Å². The highest BCUT2D eigenvalue weighted by molar-refractivity contribution is 6.74. The second kappa shape index (κ2) is 11.6. The molecule has 0 heterocycles. The minimum Gasteiger partial charge on any atom is -0.414 e. The van der Waals surface area contributed by atoms with Crippen molar-refractivity contribution in [3.8, 4) is 0 Å². The van der Waals surface area contributed by atoms with E-state index in [1.807, 2.05) is 0 Å². The molecule has 0 amide bonds. The molecule has 0 bridgehead atoms. The third-order valence-electron chi connectivity index (χ3n) is 7.01. The number of rotatable bonds is 13. The number of hydrogen-bond acceptors (Lipinski definition) is 3. The number of aldehydes is 1. The maximum Gasteiger partial charge on any atom is 0.192 e. The van der Waals surface area contributed by atoms with Gasteiger partial charge >= 0.3 is 0 Å². The molecule has 174 valence electrons. The molecular formula is C24H52O3Si2. The first kappa shape index (κ1) is 29.0. The van der Waals surface area contributed by atoms with Gasteiger partial charge in [-0.25, -0.2) is 0 Å². The van der Waals surface area contributed by atoms with E-state index in [4.69, 9.17) is 8.85 Å². The molecule has 3 nitrogen and oxygen atoms in total. The Labute approximate surface area is 185 Å². The van der Waals surface area contributed by atoms with E-state index in [9.17, 15) is 4.79 Å². The van der Waals surface area contributed by atoms with Crippen LogP contribution in [0.4, 0.5) is 0 Å². The quantitative estimate of drug-likeness (QED) is 0.213. The lowest BCUT2D eigenvalue weighted by molar-refractivity contribution is -0.109. The second-order valence-electron chi connectivity index (χ2n) is 12.3. The van der Waals surface area contributed by atoms with Crippen LogP contribution in [-0.2, 0) is 13.6 Å². The molecule has 0 saturated carbocycles. The van der Waals surface area contributed by atoms with Gasteiger partial charge in [-0.2, -0.15) is 0 Å². The summed E-state index contributed by atoms with van der Waals surface area (Å²) in [7, 11) is -3.70. The summed E-state index contributed by atoms with van der Waals surface area (Å²) in [5.41, 5.74) is 0. The lowest BCUT2D eigenvalue weighted by Crippen LogP contribution is -2.45. The lowest BCUT2D eigenvalue weighted by Gasteiger charge is -2.41. The molecule has 0 aliphatic carbocycles. The van der Waals surface area contributed by atoms with Crippen molar-refractivity contribution >= 4 is 22.9 Å². The Morgan fingerprint density at radius 1 is 0.724 bits per heavy atom. The van der Waals surface area contributed by atoms with Crippen molar-refractivity contribution in [2.24, 2.45) is 5.92 Å². The van der Waals surface area contributed by atoms with Gasteiger partial charge in [-0.3, -0.25) is 0 Å². The van der Waals surface area contributed by atoms with Gasteiger partial charge in [-0.1, -0.05) is 68.2 Å². The maximum absolute atomic E-state index is 11.3. The zero-order valence-electron chi connectivity index (χ0n) is 21.8. The van der Waals surface area contributed by atoms with Crippen LogP contribution in [0.1, 0.15) is 93.9 Å². The van der Waals surface area contributed by atoms with Crippen LogP contribution in [0.5, 0.6) is 0 Å². The van der Waals surface area contributed by atoms with Crippen molar-refractivity contribution in [3.05, 3.63) is 0 Å². The standard InChI is InChI=1S/C24H52O3Si2/c1-20(2)14-13-15-21(26-28(9,10)23(3,4)5)16-17-22(18-19-25)27-29(11,12)24(6,7)8/h19-22H,13-18H2,1-12H3/t21-,22+/m1/s1. The summed E-state index contributed by atoms with van der Waals surface area (Å²) < 4.78 is 13.4. The lowest BCUT2D eigenvalue weighted by atomic mass is 10.0. The Kier molecular flexibility index (Phi) is 11.6. The van der Waals surface area contributed by atoms with Gasteiger partial charge in [-0.15, -0.1) is 0 Å². The van der Waals surface area contributed by atoms with Crippen molar-refractivity contribution in [2.45, 2.75) is 142 Å². The fourth-order valence-electron chi connectivity index (χ4n) is 2.91. The van der Waals surface area contributed by atoms with E-state index < -0.39 is 16.6 Å². The van der Waals surface area contributed by atoms with Gasteiger partial charge in [0, 0.05) is 12.5 Å². The van der Waals surface area contributed by atoms with Crippen LogP contribution in [0.2, 0.25) is 36.3 Å². The van der Waals surface area contributed by atoms with Gasteiger partial charge in [-0.05, 0) is 61.4 Å². The van der Waals surface area contributed by atoms with Crippen LogP contribution in [0.3, 0.4) is 0 Å². The highest BCUT2D eigenvalue weighted by Gasteiger charge is 2.40. The molecular weight excluding hydrogens is 392 g/mol. The fourth-order valence-corrected chi connectivity index (χ4v) is 5.73. The summed E-state index contributed by atoms with van der Waals surface area (Å²) >= 11 is 0. The van der Waals surface area contributed by atoms with Crippen molar-refractivity contribution in [1.29, 1.82) is 0 Å².